The van der Waals surface area contributed by atoms with Crippen molar-refractivity contribution < 1.29 is 9.59 Å². The van der Waals surface area contributed by atoms with Crippen LogP contribution in [0.2, 0.25) is 0 Å². The summed E-state index contributed by atoms with van der Waals surface area (Å²) in [5, 5.41) is 0. The van der Waals surface area contributed by atoms with Gasteiger partial charge in [-0.2, -0.15) is 0 Å². The second-order valence-electron chi connectivity index (χ2n) is 3.45. The molecule has 1 rings (SSSR count). The highest BCUT2D eigenvalue weighted by Gasteiger charge is 2.18. The number of nitrogens with zero attached hydrogens (tertiary/aromatic N) is 1. The summed E-state index contributed by atoms with van der Waals surface area (Å²) >= 11 is 0. The van der Waals surface area contributed by atoms with Crippen molar-refractivity contribution in [1.82, 2.24) is 4.90 Å². The smallest absolute Gasteiger partial charge is 0.148 e. The van der Waals surface area contributed by atoms with E-state index in [1.165, 1.54) is 0 Å². The molecule has 1 aliphatic heterocycles. The molecule has 0 aromatic heterocycles. The SMILES string of the molecule is CCCN1C=C(C=O)C(C)C(C=O)=C1. The monoisotopic (exact) mass is 193 g/mol. The molecule has 0 spiro atoms. The summed E-state index contributed by atoms with van der Waals surface area (Å²) in [4.78, 5) is 23.4. The summed E-state index contributed by atoms with van der Waals surface area (Å²) in [5.41, 5.74) is 1.34. The van der Waals surface area contributed by atoms with Crippen molar-refractivity contribution in [1.29, 1.82) is 0 Å². The Kier molecular flexibility index (Phi) is 3.63. The molecular weight excluding hydrogens is 178 g/mol. The van der Waals surface area contributed by atoms with E-state index >= 15 is 0 Å². The van der Waals surface area contributed by atoms with Gasteiger partial charge in [-0.1, -0.05) is 13.8 Å². The molecule has 1 aliphatic rings. The number of carbonyl (C=O) groups excluding carboxylic acids is 2. The highest BCUT2D eigenvalue weighted by atomic mass is 16.1. The Morgan fingerprint density at radius 3 is 2.14 bits per heavy atom. The Balaban J connectivity index is 2.89. The first kappa shape index (κ1) is 10.7. The van der Waals surface area contributed by atoms with Crippen LogP contribution < -0.4 is 0 Å². The van der Waals surface area contributed by atoms with Crippen LogP contribution in [0.25, 0.3) is 0 Å². The molecule has 0 radical (unpaired) electrons. The van der Waals surface area contributed by atoms with Crippen LogP contribution in [0.5, 0.6) is 0 Å². The third-order valence-corrected chi connectivity index (χ3v) is 2.38. The fraction of sp³-hybridized carbons (Fsp3) is 0.455. The Bertz CT molecular complexity index is 266. The number of carbonyl (C=O) groups is 2. The van der Waals surface area contributed by atoms with E-state index in [4.69, 9.17) is 0 Å². The quantitative estimate of drug-likeness (QED) is 0.635. The number of hydrogen-bond donors (Lipinski definition) is 0. The van der Waals surface area contributed by atoms with Crippen LogP contribution in [0.15, 0.2) is 23.5 Å². The Morgan fingerprint density at radius 1 is 1.29 bits per heavy atom. The molecule has 0 unspecified atom stereocenters. The summed E-state index contributed by atoms with van der Waals surface area (Å²) in [6.45, 7) is 4.76. The molecule has 0 saturated heterocycles. The van der Waals surface area contributed by atoms with Gasteiger partial charge in [0.25, 0.3) is 0 Å². The van der Waals surface area contributed by atoms with Gasteiger partial charge < -0.3 is 4.90 Å². The van der Waals surface area contributed by atoms with Crippen LogP contribution in [0.4, 0.5) is 0 Å². The van der Waals surface area contributed by atoms with Crippen molar-refractivity contribution >= 4 is 12.6 Å². The van der Waals surface area contributed by atoms with E-state index < -0.39 is 0 Å². The maximum Gasteiger partial charge on any atom is 0.148 e. The van der Waals surface area contributed by atoms with Crippen molar-refractivity contribution in [3.8, 4) is 0 Å². The highest BCUT2D eigenvalue weighted by Crippen LogP contribution is 2.23. The van der Waals surface area contributed by atoms with Crippen molar-refractivity contribution in [2.75, 3.05) is 6.54 Å². The third kappa shape index (κ3) is 2.10. The number of allylic oxidation sites excluding steroid dienone is 2. The molecule has 1 heterocycles. The minimum atomic E-state index is -0.0712. The highest BCUT2D eigenvalue weighted by molar-refractivity contribution is 5.83. The van der Waals surface area contributed by atoms with Gasteiger partial charge in [0.2, 0.25) is 0 Å². The molecule has 0 aromatic rings. The molecule has 0 saturated carbocycles. The lowest BCUT2D eigenvalue weighted by molar-refractivity contribution is -0.105. The molecule has 0 aromatic carbocycles. The average Bonchev–Trinajstić information content (AvgIpc) is 2.20. The third-order valence-electron chi connectivity index (χ3n) is 2.38. The first-order valence-corrected chi connectivity index (χ1v) is 4.82. The van der Waals surface area contributed by atoms with E-state index in [0.717, 1.165) is 25.5 Å². The first-order valence-electron chi connectivity index (χ1n) is 4.82. The van der Waals surface area contributed by atoms with Crippen molar-refractivity contribution in [2.45, 2.75) is 20.3 Å². The van der Waals surface area contributed by atoms with Gasteiger partial charge >= 0.3 is 0 Å². The molecule has 14 heavy (non-hydrogen) atoms. The molecule has 0 N–H and O–H groups in total. The fourth-order valence-electron chi connectivity index (χ4n) is 1.49. The largest absolute Gasteiger partial charge is 0.353 e. The number of aldehydes is 2. The van der Waals surface area contributed by atoms with Crippen molar-refractivity contribution in [3.63, 3.8) is 0 Å². The second kappa shape index (κ2) is 4.74. The minimum Gasteiger partial charge on any atom is -0.353 e. The second-order valence-corrected chi connectivity index (χ2v) is 3.45. The van der Waals surface area contributed by atoms with E-state index in [-0.39, 0.29) is 5.92 Å². The van der Waals surface area contributed by atoms with Crippen LogP contribution in [-0.2, 0) is 9.59 Å². The lowest BCUT2D eigenvalue weighted by atomic mass is 9.93. The summed E-state index contributed by atoms with van der Waals surface area (Å²) in [6, 6.07) is 0. The van der Waals surface area contributed by atoms with Crippen LogP contribution in [0.1, 0.15) is 20.3 Å². The van der Waals surface area contributed by atoms with Gasteiger partial charge in [0.15, 0.2) is 0 Å². The maximum absolute atomic E-state index is 10.7. The number of rotatable bonds is 4. The van der Waals surface area contributed by atoms with E-state index in [1.54, 1.807) is 0 Å². The zero-order valence-electron chi connectivity index (χ0n) is 8.56. The molecule has 0 amide bonds. The van der Waals surface area contributed by atoms with E-state index in [9.17, 15) is 9.59 Å². The standard InChI is InChI=1S/C11H15NO2/c1-3-4-12-5-10(7-13)9(2)11(6-12)8-14/h5-9H,3-4H2,1-2H3. The topological polar surface area (TPSA) is 37.4 Å². The molecule has 0 bridgehead atoms. The Hall–Kier alpha value is -1.38. The predicted octanol–water partition coefficient (Wildman–Crippen LogP) is 1.51. The van der Waals surface area contributed by atoms with Crippen LogP contribution in [0.3, 0.4) is 0 Å². The van der Waals surface area contributed by atoms with E-state index in [0.29, 0.717) is 11.1 Å². The van der Waals surface area contributed by atoms with Gasteiger partial charge in [-0.3, -0.25) is 9.59 Å². The van der Waals surface area contributed by atoms with Crippen LogP contribution in [-0.4, -0.2) is 24.0 Å². The molecule has 0 fully saturated rings. The summed E-state index contributed by atoms with van der Waals surface area (Å²) in [7, 11) is 0. The fourth-order valence-corrected chi connectivity index (χ4v) is 1.49. The van der Waals surface area contributed by atoms with Gasteiger partial charge in [-0.25, -0.2) is 0 Å². The number of hydrogen-bond acceptors (Lipinski definition) is 3. The van der Waals surface area contributed by atoms with Gasteiger partial charge in [-0.05, 0) is 6.42 Å². The van der Waals surface area contributed by atoms with Crippen LogP contribution in [0, 0.1) is 5.92 Å². The van der Waals surface area contributed by atoms with Gasteiger partial charge in [0, 0.05) is 36.0 Å². The predicted molar refractivity (Wildman–Crippen MR) is 54.5 cm³/mol. The van der Waals surface area contributed by atoms with Gasteiger partial charge in [-0.15, -0.1) is 0 Å². The lowest BCUT2D eigenvalue weighted by Crippen LogP contribution is -2.22. The summed E-state index contributed by atoms with van der Waals surface area (Å²) in [6.07, 6.45) is 6.26. The van der Waals surface area contributed by atoms with Crippen molar-refractivity contribution in [2.24, 2.45) is 5.92 Å². The minimum absolute atomic E-state index is 0.0712. The van der Waals surface area contributed by atoms with Crippen molar-refractivity contribution in [3.05, 3.63) is 23.5 Å². The summed E-state index contributed by atoms with van der Waals surface area (Å²) < 4.78 is 0. The molecule has 0 aliphatic carbocycles. The molecule has 76 valence electrons. The average molecular weight is 193 g/mol. The molecule has 0 atom stereocenters. The van der Waals surface area contributed by atoms with E-state index in [1.807, 2.05) is 24.2 Å². The Morgan fingerprint density at radius 2 is 1.79 bits per heavy atom. The molecule has 3 nitrogen and oxygen atoms in total. The zero-order chi connectivity index (χ0) is 10.6. The van der Waals surface area contributed by atoms with Gasteiger partial charge in [0.1, 0.15) is 12.6 Å². The van der Waals surface area contributed by atoms with Crippen LogP contribution >= 0.6 is 0 Å². The molecule has 3 heteroatoms. The normalized spacial score (nSPS) is 17.4. The first-order chi connectivity index (χ1) is 6.72. The lowest BCUT2D eigenvalue weighted by Gasteiger charge is -2.25. The molecular formula is C11H15NO2. The Labute approximate surface area is 84.1 Å². The zero-order valence-corrected chi connectivity index (χ0v) is 8.56. The maximum atomic E-state index is 10.7. The summed E-state index contributed by atoms with van der Waals surface area (Å²) in [5.74, 6) is -0.0712. The van der Waals surface area contributed by atoms with E-state index in [2.05, 4.69) is 6.92 Å². The van der Waals surface area contributed by atoms with Gasteiger partial charge in [0.05, 0.1) is 0 Å².